The molecule has 0 unspecified atom stereocenters. The summed E-state index contributed by atoms with van der Waals surface area (Å²) in [6.45, 7) is 1.97. The Morgan fingerprint density at radius 3 is 2.54 bits per heavy atom. The third kappa shape index (κ3) is 3.15. The van der Waals surface area contributed by atoms with Crippen molar-refractivity contribution in [3.8, 4) is 11.5 Å². The Kier molecular flexibility index (Phi) is 4.33. The second-order valence-corrected chi connectivity index (χ2v) is 5.32. The SMILES string of the molecule is COc1ccc(C=C2N=C(c3cccc(C)c3)OC2=O)cc1OC. The second kappa shape index (κ2) is 6.58. The predicted molar refractivity (Wildman–Crippen MR) is 91.3 cm³/mol. The number of benzene rings is 2. The Morgan fingerprint density at radius 1 is 1.04 bits per heavy atom. The number of aryl methyl sites for hydroxylation is 1. The molecular formula is C19H17NO4. The number of carbonyl (C=O) groups is 1. The van der Waals surface area contributed by atoms with Crippen molar-refractivity contribution >= 4 is 17.9 Å². The van der Waals surface area contributed by atoms with E-state index in [1.54, 1.807) is 32.4 Å². The molecule has 1 heterocycles. The number of ether oxygens (including phenoxy) is 3. The van der Waals surface area contributed by atoms with Gasteiger partial charge in [0, 0.05) is 5.56 Å². The number of hydrogen-bond acceptors (Lipinski definition) is 5. The van der Waals surface area contributed by atoms with Crippen LogP contribution in [0.4, 0.5) is 0 Å². The third-order valence-electron chi connectivity index (χ3n) is 3.60. The summed E-state index contributed by atoms with van der Waals surface area (Å²) in [5.74, 6) is 1.05. The van der Waals surface area contributed by atoms with E-state index < -0.39 is 5.97 Å². The summed E-state index contributed by atoms with van der Waals surface area (Å²) in [5.41, 5.74) is 2.87. The lowest BCUT2D eigenvalue weighted by atomic mass is 10.1. The standard InChI is InChI=1S/C19H17NO4/c1-12-5-4-6-14(9-12)18-20-15(19(21)24-18)10-13-7-8-16(22-2)17(11-13)23-3/h4-11H,1-3H3. The summed E-state index contributed by atoms with van der Waals surface area (Å²) in [5, 5.41) is 0. The van der Waals surface area contributed by atoms with Gasteiger partial charge < -0.3 is 14.2 Å². The fourth-order valence-corrected chi connectivity index (χ4v) is 2.41. The fraction of sp³-hybridized carbons (Fsp3) is 0.158. The molecule has 0 aliphatic carbocycles. The van der Waals surface area contributed by atoms with Gasteiger partial charge in [-0.1, -0.05) is 23.8 Å². The lowest BCUT2D eigenvalue weighted by molar-refractivity contribution is -0.129. The molecule has 0 bridgehead atoms. The topological polar surface area (TPSA) is 57.1 Å². The van der Waals surface area contributed by atoms with E-state index in [0.717, 1.165) is 16.7 Å². The van der Waals surface area contributed by atoms with Gasteiger partial charge in [0.15, 0.2) is 17.2 Å². The van der Waals surface area contributed by atoms with Crippen LogP contribution in [-0.2, 0) is 9.53 Å². The molecule has 0 aromatic heterocycles. The molecule has 0 amide bonds. The Balaban J connectivity index is 1.94. The molecule has 5 heteroatoms. The Morgan fingerprint density at radius 2 is 1.83 bits per heavy atom. The molecule has 3 rings (SSSR count). The quantitative estimate of drug-likeness (QED) is 0.639. The summed E-state index contributed by atoms with van der Waals surface area (Å²) in [6.07, 6.45) is 1.66. The van der Waals surface area contributed by atoms with Crippen LogP contribution in [0.15, 0.2) is 53.2 Å². The number of hydrogen-bond donors (Lipinski definition) is 0. The molecule has 0 radical (unpaired) electrons. The molecule has 0 fully saturated rings. The van der Waals surface area contributed by atoms with Crippen LogP contribution in [0.3, 0.4) is 0 Å². The third-order valence-corrected chi connectivity index (χ3v) is 3.60. The van der Waals surface area contributed by atoms with Crippen molar-refractivity contribution < 1.29 is 19.0 Å². The van der Waals surface area contributed by atoms with E-state index in [2.05, 4.69) is 4.99 Å². The van der Waals surface area contributed by atoms with E-state index in [4.69, 9.17) is 14.2 Å². The number of aliphatic imine (C=N–C) groups is 1. The molecule has 5 nitrogen and oxygen atoms in total. The number of cyclic esters (lactones) is 1. The van der Waals surface area contributed by atoms with Crippen molar-refractivity contribution in [1.29, 1.82) is 0 Å². The smallest absolute Gasteiger partial charge is 0.363 e. The van der Waals surface area contributed by atoms with Crippen LogP contribution in [0.25, 0.3) is 6.08 Å². The predicted octanol–water partition coefficient (Wildman–Crippen LogP) is 3.36. The summed E-state index contributed by atoms with van der Waals surface area (Å²) in [6, 6.07) is 13.0. The maximum absolute atomic E-state index is 12.1. The average Bonchev–Trinajstić information content (AvgIpc) is 2.95. The minimum absolute atomic E-state index is 0.249. The van der Waals surface area contributed by atoms with Gasteiger partial charge in [0.25, 0.3) is 0 Å². The molecule has 0 saturated heterocycles. The normalized spacial score (nSPS) is 15.2. The molecule has 2 aromatic rings. The Bertz CT molecular complexity index is 852. The number of esters is 1. The van der Waals surface area contributed by atoms with Crippen molar-refractivity contribution in [3.05, 3.63) is 64.9 Å². The van der Waals surface area contributed by atoms with Gasteiger partial charge in [-0.05, 0) is 42.8 Å². The van der Waals surface area contributed by atoms with Gasteiger partial charge in [0.05, 0.1) is 14.2 Å². The number of rotatable bonds is 4. The van der Waals surface area contributed by atoms with Crippen LogP contribution in [-0.4, -0.2) is 26.1 Å². The minimum atomic E-state index is -0.471. The molecule has 0 N–H and O–H groups in total. The zero-order chi connectivity index (χ0) is 17.1. The molecule has 24 heavy (non-hydrogen) atoms. The number of methoxy groups -OCH3 is 2. The molecule has 2 aromatic carbocycles. The summed E-state index contributed by atoms with van der Waals surface area (Å²) < 4.78 is 15.7. The van der Waals surface area contributed by atoms with Crippen LogP contribution in [0, 0.1) is 6.92 Å². The minimum Gasteiger partial charge on any atom is -0.493 e. The van der Waals surface area contributed by atoms with Gasteiger partial charge in [0.1, 0.15) is 0 Å². The molecule has 0 spiro atoms. The average molecular weight is 323 g/mol. The van der Waals surface area contributed by atoms with Crippen molar-refractivity contribution in [2.45, 2.75) is 6.92 Å². The highest BCUT2D eigenvalue weighted by molar-refractivity contribution is 6.12. The van der Waals surface area contributed by atoms with Crippen LogP contribution < -0.4 is 9.47 Å². The molecule has 1 aliphatic rings. The van der Waals surface area contributed by atoms with E-state index in [1.807, 2.05) is 37.3 Å². The van der Waals surface area contributed by atoms with E-state index in [9.17, 15) is 4.79 Å². The molecular weight excluding hydrogens is 306 g/mol. The van der Waals surface area contributed by atoms with E-state index >= 15 is 0 Å². The highest BCUT2D eigenvalue weighted by Gasteiger charge is 2.24. The zero-order valence-corrected chi connectivity index (χ0v) is 13.7. The molecule has 0 atom stereocenters. The number of carbonyl (C=O) groups excluding carboxylic acids is 1. The fourth-order valence-electron chi connectivity index (χ4n) is 2.41. The van der Waals surface area contributed by atoms with E-state index in [0.29, 0.717) is 17.4 Å². The van der Waals surface area contributed by atoms with Gasteiger partial charge in [-0.2, -0.15) is 0 Å². The zero-order valence-electron chi connectivity index (χ0n) is 13.7. The van der Waals surface area contributed by atoms with Gasteiger partial charge >= 0.3 is 5.97 Å². The van der Waals surface area contributed by atoms with Crippen LogP contribution >= 0.6 is 0 Å². The monoisotopic (exact) mass is 323 g/mol. The van der Waals surface area contributed by atoms with Gasteiger partial charge in [-0.15, -0.1) is 0 Å². The summed E-state index contributed by atoms with van der Waals surface area (Å²) in [4.78, 5) is 16.4. The highest BCUT2D eigenvalue weighted by atomic mass is 16.6. The number of nitrogens with zero attached hydrogens (tertiary/aromatic N) is 1. The second-order valence-electron chi connectivity index (χ2n) is 5.32. The lowest BCUT2D eigenvalue weighted by Crippen LogP contribution is -2.05. The van der Waals surface area contributed by atoms with E-state index in [-0.39, 0.29) is 5.70 Å². The first-order valence-electron chi connectivity index (χ1n) is 7.42. The van der Waals surface area contributed by atoms with Gasteiger partial charge in [-0.25, -0.2) is 9.79 Å². The summed E-state index contributed by atoms with van der Waals surface area (Å²) >= 11 is 0. The Hall–Kier alpha value is -3.08. The van der Waals surface area contributed by atoms with Gasteiger partial charge in [0.2, 0.25) is 5.90 Å². The maximum Gasteiger partial charge on any atom is 0.363 e. The highest BCUT2D eigenvalue weighted by Crippen LogP contribution is 2.29. The molecule has 122 valence electrons. The first-order valence-corrected chi connectivity index (χ1v) is 7.42. The van der Waals surface area contributed by atoms with Crippen LogP contribution in [0.5, 0.6) is 11.5 Å². The van der Waals surface area contributed by atoms with Crippen LogP contribution in [0.1, 0.15) is 16.7 Å². The largest absolute Gasteiger partial charge is 0.493 e. The first-order chi connectivity index (χ1) is 11.6. The summed E-state index contributed by atoms with van der Waals surface area (Å²) in [7, 11) is 3.13. The molecule has 1 aliphatic heterocycles. The van der Waals surface area contributed by atoms with Crippen molar-refractivity contribution in [1.82, 2.24) is 0 Å². The molecule has 0 saturated carbocycles. The first kappa shape index (κ1) is 15.8. The maximum atomic E-state index is 12.1. The lowest BCUT2D eigenvalue weighted by Gasteiger charge is -2.07. The van der Waals surface area contributed by atoms with Crippen LogP contribution in [0.2, 0.25) is 0 Å². The Labute approximate surface area is 140 Å². The van der Waals surface area contributed by atoms with Crippen molar-refractivity contribution in [2.75, 3.05) is 14.2 Å². The van der Waals surface area contributed by atoms with Crippen molar-refractivity contribution in [2.24, 2.45) is 4.99 Å². The van der Waals surface area contributed by atoms with Crippen molar-refractivity contribution in [3.63, 3.8) is 0 Å². The van der Waals surface area contributed by atoms with E-state index in [1.165, 1.54) is 0 Å². The van der Waals surface area contributed by atoms with Gasteiger partial charge in [-0.3, -0.25) is 0 Å².